The van der Waals surface area contributed by atoms with Crippen molar-refractivity contribution >= 4 is 34.8 Å². The molecule has 4 rings (SSSR count). The minimum atomic E-state index is -1.20. The molecule has 0 amide bonds. The van der Waals surface area contributed by atoms with E-state index in [-0.39, 0.29) is 27.1 Å². The molecule has 2 heterocycles. The minimum absolute atomic E-state index is 0.0320. The highest BCUT2D eigenvalue weighted by molar-refractivity contribution is 7.16. The topological polar surface area (TPSA) is 178 Å². The number of carboxylic acid groups (broad SMARTS) is 2. The number of carboxylic acids is 2. The summed E-state index contributed by atoms with van der Waals surface area (Å²) < 4.78 is 0. The van der Waals surface area contributed by atoms with Gasteiger partial charge < -0.3 is 21.7 Å². The Morgan fingerprint density at radius 1 is 0.742 bits per heavy atom. The maximum Gasteiger partial charge on any atom is 0.367 e. The van der Waals surface area contributed by atoms with Crippen LogP contribution in [0.3, 0.4) is 0 Å². The highest BCUT2D eigenvalue weighted by atomic mass is 32.1. The van der Waals surface area contributed by atoms with Gasteiger partial charge >= 0.3 is 11.9 Å². The van der Waals surface area contributed by atoms with Gasteiger partial charge in [-0.25, -0.2) is 19.6 Å². The molecule has 4 aromatic rings. The summed E-state index contributed by atoms with van der Waals surface area (Å²) in [6, 6.07) is 13.1. The van der Waals surface area contributed by atoms with E-state index >= 15 is 0 Å². The van der Waals surface area contributed by atoms with Crippen LogP contribution >= 0.6 is 11.3 Å². The molecule has 0 aliphatic carbocycles. The van der Waals surface area contributed by atoms with Crippen LogP contribution in [0.2, 0.25) is 0 Å². The van der Waals surface area contributed by atoms with Gasteiger partial charge in [-0.15, -0.1) is 10.2 Å². The van der Waals surface area contributed by atoms with Crippen LogP contribution in [0.5, 0.6) is 0 Å². The highest BCUT2D eigenvalue weighted by Gasteiger charge is 2.21. The maximum atomic E-state index is 11.2. The van der Waals surface area contributed by atoms with Gasteiger partial charge in [0.2, 0.25) is 5.01 Å². The van der Waals surface area contributed by atoms with E-state index < -0.39 is 11.9 Å². The Morgan fingerprint density at radius 2 is 1.32 bits per heavy atom. The van der Waals surface area contributed by atoms with Crippen molar-refractivity contribution in [3.05, 3.63) is 59.1 Å². The summed E-state index contributed by atoms with van der Waals surface area (Å²) in [5, 5.41) is 25.8. The van der Waals surface area contributed by atoms with Gasteiger partial charge in [0.25, 0.3) is 0 Å². The molecule has 0 saturated heterocycles. The van der Waals surface area contributed by atoms with Crippen LogP contribution in [0.25, 0.3) is 33.2 Å². The van der Waals surface area contributed by atoms with Crippen LogP contribution in [0.4, 0.5) is 11.5 Å². The number of carbonyl (C=O) groups is 2. The lowest BCUT2D eigenvalue weighted by atomic mass is 10.0. The molecular formula is C20H14N6O4S. The molecule has 0 aliphatic heterocycles. The fraction of sp³-hybridized carbons (Fsp3) is 0. The van der Waals surface area contributed by atoms with Crippen LogP contribution < -0.4 is 11.5 Å². The van der Waals surface area contributed by atoms with E-state index in [0.29, 0.717) is 28.2 Å². The number of nitrogen functional groups attached to an aromatic ring is 2. The van der Waals surface area contributed by atoms with E-state index in [0.717, 1.165) is 11.3 Å². The zero-order valence-electron chi connectivity index (χ0n) is 15.7. The molecule has 0 aliphatic rings. The molecule has 2 aromatic heterocycles. The highest BCUT2D eigenvalue weighted by Crippen LogP contribution is 2.35. The molecule has 0 bridgehead atoms. The molecule has 0 fully saturated rings. The molecular weight excluding hydrogens is 420 g/mol. The number of aromatic nitrogens is 4. The molecule has 10 nitrogen and oxygen atoms in total. The summed E-state index contributed by atoms with van der Waals surface area (Å²) >= 11 is 0.832. The first-order valence-electron chi connectivity index (χ1n) is 8.78. The van der Waals surface area contributed by atoms with E-state index in [4.69, 9.17) is 21.7 Å². The summed E-state index contributed by atoms with van der Waals surface area (Å²) in [5.74, 6) is -2.22. The van der Waals surface area contributed by atoms with E-state index in [1.165, 1.54) is 12.1 Å². The predicted molar refractivity (Wildman–Crippen MR) is 115 cm³/mol. The molecule has 0 radical (unpaired) electrons. The minimum Gasteiger partial charge on any atom is -0.478 e. The van der Waals surface area contributed by atoms with Crippen molar-refractivity contribution in [1.29, 1.82) is 0 Å². The Kier molecular flexibility index (Phi) is 5.01. The molecule has 2 aromatic carbocycles. The van der Waals surface area contributed by atoms with Crippen molar-refractivity contribution in [1.82, 2.24) is 20.2 Å². The van der Waals surface area contributed by atoms with Crippen molar-refractivity contribution in [2.75, 3.05) is 11.5 Å². The standard InChI is InChI=1S/C20H14N6O4S/c21-12-7-5-10(6-8-12)13-14(9-1-3-11(4-2-9)19(27)28)24-16(22)15(23-13)17-25-26-18(31-17)20(29)30/h1-8H,21H2,(H2,22,24)(H,27,28)(H,29,30). The SMILES string of the molecule is Nc1ccc(-c2nc(-c3nnc(C(=O)O)s3)c(N)nc2-c2ccc(C(=O)O)cc2)cc1. The van der Waals surface area contributed by atoms with Gasteiger partial charge in [0.05, 0.1) is 17.0 Å². The van der Waals surface area contributed by atoms with Crippen LogP contribution in [-0.2, 0) is 0 Å². The molecule has 0 unspecified atom stereocenters. The Bertz CT molecular complexity index is 1300. The maximum absolute atomic E-state index is 11.2. The molecule has 0 spiro atoms. The zero-order chi connectivity index (χ0) is 22.1. The third-order valence-electron chi connectivity index (χ3n) is 4.32. The molecule has 31 heavy (non-hydrogen) atoms. The first-order chi connectivity index (χ1) is 14.8. The van der Waals surface area contributed by atoms with Crippen LogP contribution in [-0.4, -0.2) is 42.3 Å². The summed E-state index contributed by atoms with van der Waals surface area (Å²) in [4.78, 5) is 31.4. The quantitative estimate of drug-likeness (QED) is 0.341. The number of rotatable bonds is 5. The lowest BCUT2D eigenvalue weighted by molar-refractivity contribution is 0.0685. The Hall–Kier alpha value is -4.38. The first-order valence-corrected chi connectivity index (χ1v) is 9.59. The number of hydrogen-bond donors (Lipinski definition) is 4. The third kappa shape index (κ3) is 3.89. The van der Waals surface area contributed by atoms with Gasteiger partial charge in [-0.05, 0) is 24.3 Å². The average Bonchev–Trinajstić information content (AvgIpc) is 3.25. The normalized spacial score (nSPS) is 10.7. The molecule has 11 heteroatoms. The number of benzene rings is 2. The third-order valence-corrected chi connectivity index (χ3v) is 5.24. The summed E-state index contributed by atoms with van der Waals surface area (Å²) in [7, 11) is 0. The van der Waals surface area contributed by atoms with Gasteiger partial charge in [-0.3, -0.25) is 0 Å². The lowest BCUT2D eigenvalue weighted by Gasteiger charge is -2.12. The van der Waals surface area contributed by atoms with Gasteiger partial charge in [-0.2, -0.15) is 0 Å². The summed E-state index contributed by atoms with van der Waals surface area (Å²) in [6.07, 6.45) is 0. The first kappa shape index (κ1) is 19.9. The van der Waals surface area contributed by atoms with E-state index in [1.54, 1.807) is 36.4 Å². The Balaban J connectivity index is 1.91. The van der Waals surface area contributed by atoms with Crippen molar-refractivity contribution in [3.8, 4) is 33.2 Å². The number of anilines is 2. The van der Waals surface area contributed by atoms with Gasteiger partial charge in [0.15, 0.2) is 10.8 Å². The predicted octanol–water partition coefficient (Wildman–Crippen LogP) is 2.89. The molecule has 6 N–H and O–H groups in total. The number of nitrogens with two attached hydrogens (primary N) is 2. The van der Waals surface area contributed by atoms with E-state index in [2.05, 4.69) is 20.2 Å². The van der Waals surface area contributed by atoms with Crippen LogP contribution in [0.15, 0.2) is 48.5 Å². The molecule has 0 atom stereocenters. The summed E-state index contributed by atoms with van der Waals surface area (Å²) in [5.41, 5.74) is 15.0. The molecule has 0 saturated carbocycles. The van der Waals surface area contributed by atoms with Crippen molar-refractivity contribution < 1.29 is 19.8 Å². The second kappa shape index (κ2) is 7.80. The van der Waals surface area contributed by atoms with Crippen molar-refractivity contribution in [3.63, 3.8) is 0 Å². The smallest absolute Gasteiger partial charge is 0.367 e. The average molecular weight is 434 g/mol. The molecule has 154 valence electrons. The fourth-order valence-corrected chi connectivity index (χ4v) is 3.51. The lowest BCUT2D eigenvalue weighted by Crippen LogP contribution is -2.03. The van der Waals surface area contributed by atoms with Gasteiger partial charge in [0, 0.05) is 16.8 Å². The monoisotopic (exact) mass is 434 g/mol. The second-order valence-corrected chi connectivity index (χ2v) is 7.35. The van der Waals surface area contributed by atoms with E-state index in [1.807, 2.05) is 0 Å². The number of hydrogen-bond acceptors (Lipinski definition) is 9. The number of aromatic carboxylic acids is 2. The Morgan fingerprint density at radius 3 is 1.87 bits per heavy atom. The largest absolute Gasteiger partial charge is 0.478 e. The van der Waals surface area contributed by atoms with Crippen LogP contribution in [0, 0.1) is 0 Å². The number of nitrogens with zero attached hydrogens (tertiary/aromatic N) is 4. The van der Waals surface area contributed by atoms with Gasteiger partial charge in [-0.1, -0.05) is 35.6 Å². The van der Waals surface area contributed by atoms with Crippen molar-refractivity contribution in [2.45, 2.75) is 0 Å². The zero-order valence-corrected chi connectivity index (χ0v) is 16.5. The van der Waals surface area contributed by atoms with E-state index in [9.17, 15) is 9.59 Å². The van der Waals surface area contributed by atoms with Crippen molar-refractivity contribution in [2.24, 2.45) is 0 Å². The second-order valence-electron chi connectivity index (χ2n) is 6.38. The van der Waals surface area contributed by atoms with Gasteiger partial charge in [0.1, 0.15) is 5.69 Å². The fourth-order valence-electron chi connectivity index (χ4n) is 2.83. The Labute approximate surface area is 178 Å². The van der Waals surface area contributed by atoms with Crippen LogP contribution in [0.1, 0.15) is 20.2 Å². The summed E-state index contributed by atoms with van der Waals surface area (Å²) in [6.45, 7) is 0.